The van der Waals surface area contributed by atoms with Gasteiger partial charge in [0.05, 0.1) is 26.3 Å². The van der Waals surface area contributed by atoms with Crippen molar-refractivity contribution in [3.05, 3.63) is 74.3 Å². The molecule has 5 rings (SSSR count). The smallest absolute Gasteiger partial charge is 0.306 e. The predicted molar refractivity (Wildman–Crippen MR) is 127 cm³/mol. The first kappa shape index (κ1) is 21.9. The summed E-state index contributed by atoms with van der Waals surface area (Å²) in [5.41, 5.74) is 4.56. The first-order valence-corrected chi connectivity index (χ1v) is 10.6. The molecular formula is C23H21BrFN5O2. The molecule has 0 saturated heterocycles. The molecule has 32 heavy (non-hydrogen) atoms. The van der Waals surface area contributed by atoms with E-state index in [4.69, 9.17) is 0 Å². The quantitative estimate of drug-likeness (QED) is 0.255. The number of nitro benzene ring substituents is 1. The van der Waals surface area contributed by atoms with Crippen LogP contribution in [0.2, 0.25) is 0 Å². The zero-order chi connectivity index (χ0) is 21.7. The van der Waals surface area contributed by atoms with Crippen molar-refractivity contribution in [2.75, 3.05) is 5.32 Å². The third-order valence-corrected chi connectivity index (χ3v) is 6.14. The average Bonchev–Trinajstić information content (AvgIpc) is 3.12. The molecule has 0 saturated carbocycles. The Morgan fingerprint density at radius 3 is 2.91 bits per heavy atom. The lowest BCUT2D eigenvalue weighted by Gasteiger charge is -2.14. The summed E-state index contributed by atoms with van der Waals surface area (Å²) >= 11 is 3.56. The minimum absolute atomic E-state index is 0. The lowest BCUT2D eigenvalue weighted by Crippen LogP contribution is -2.05. The number of hydrogen-bond acceptors (Lipinski definition) is 5. The third-order valence-electron chi connectivity index (χ3n) is 5.56. The molecule has 1 aliphatic heterocycles. The fraction of sp³-hybridized carbons (Fsp3) is 0.217. The van der Waals surface area contributed by atoms with Crippen LogP contribution in [0.15, 0.2) is 47.2 Å². The molecule has 0 spiro atoms. The Morgan fingerprint density at radius 2 is 2.12 bits per heavy atom. The Kier molecular flexibility index (Phi) is 5.68. The normalized spacial score (nSPS) is 12.5. The highest BCUT2D eigenvalue weighted by atomic mass is 79.9. The summed E-state index contributed by atoms with van der Waals surface area (Å²) in [4.78, 5) is 19.3. The van der Waals surface area contributed by atoms with Gasteiger partial charge in [-0.15, -0.1) is 0 Å². The van der Waals surface area contributed by atoms with Gasteiger partial charge in [0.1, 0.15) is 0 Å². The minimum atomic E-state index is -0.875. The van der Waals surface area contributed by atoms with E-state index in [1.54, 1.807) is 13.1 Å². The summed E-state index contributed by atoms with van der Waals surface area (Å²) in [6.07, 6.45) is 5.91. The van der Waals surface area contributed by atoms with E-state index in [1.165, 1.54) is 11.1 Å². The van der Waals surface area contributed by atoms with E-state index in [2.05, 4.69) is 60.2 Å². The van der Waals surface area contributed by atoms with E-state index in [0.29, 0.717) is 11.3 Å². The van der Waals surface area contributed by atoms with E-state index < -0.39 is 16.4 Å². The largest absolute Gasteiger partial charge is 0.347 e. The zero-order valence-corrected chi connectivity index (χ0v) is 18.1. The number of nitro groups is 1. The highest BCUT2D eigenvalue weighted by Gasteiger charge is 2.21. The number of para-hydroxylation sites is 1. The van der Waals surface area contributed by atoms with Crippen LogP contribution in [0.4, 0.5) is 21.7 Å². The molecule has 4 aromatic rings. The lowest BCUT2D eigenvalue weighted by atomic mass is 10.0. The molecular weight excluding hydrogens is 477 g/mol. The predicted octanol–water partition coefficient (Wildman–Crippen LogP) is 6.54. The van der Waals surface area contributed by atoms with Crippen LogP contribution in [0.25, 0.3) is 22.2 Å². The van der Waals surface area contributed by atoms with E-state index in [-0.39, 0.29) is 13.4 Å². The molecule has 164 valence electrons. The van der Waals surface area contributed by atoms with Gasteiger partial charge in [0, 0.05) is 36.0 Å². The number of aryl methyl sites for hydroxylation is 3. The van der Waals surface area contributed by atoms with Gasteiger partial charge in [-0.2, -0.15) is 4.39 Å². The van der Waals surface area contributed by atoms with Gasteiger partial charge in [-0.1, -0.05) is 25.6 Å². The average molecular weight is 498 g/mol. The van der Waals surface area contributed by atoms with E-state index in [0.717, 1.165) is 52.6 Å². The second-order valence-electron chi connectivity index (χ2n) is 7.54. The maximum atomic E-state index is 13.9. The summed E-state index contributed by atoms with van der Waals surface area (Å²) in [5, 5.41) is 15.2. The Morgan fingerprint density at radius 1 is 1.31 bits per heavy atom. The van der Waals surface area contributed by atoms with Crippen molar-refractivity contribution in [1.29, 1.82) is 0 Å². The summed E-state index contributed by atoms with van der Waals surface area (Å²) in [6.45, 7) is 2.62. The molecule has 3 heterocycles. The van der Waals surface area contributed by atoms with Crippen LogP contribution in [0.1, 0.15) is 25.0 Å². The Labute approximate surface area is 192 Å². The summed E-state index contributed by atoms with van der Waals surface area (Å²) < 4.78 is 16.9. The first-order valence-electron chi connectivity index (χ1n) is 9.77. The highest BCUT2D eigenvalue weighted by Crippen LogP contribution is 2.38. The molecule has 2 aromatic heterocycles. The molecule has 9 heteroatoms. The van der Waals surface area contributed by atoms with Gasteiger partial charge < -0.3 is 9.88 Å². The van der Waals surface area contributed by atoms with Gasteiger partial charge in [-0.05, 0) is 52.9 Å². The molecule has 7 nitrogen and oxygen atoms in total. The maximum Gasteiger partial charge on any atom is 0.306 e. The highest BCUT2D eigenvalue weighted by molar-refractivity contribution is 9.10. The van der Waals surface area contributed by atoms with Crippen LogP contribution in [-0.2, 0) is 13.0 Å². The second-order valence-corrected chi connectivity index (χ2v) is 8.40. The SMILES string of the molecule is C.Cc1cc(F)c([N+](=O)[O-])cc1Nc1ncc(Br)c(-c2cn3c4c(cccc24)CCC3)n1. The van der Waals surface area contributed by atoms with Crippen LogP contribution in [0, 0.1) is 22.9 Å². The Bertz CT molecular complexity index is 1370. The Hall–Kier alpha value is -3.33. The molecule has 1 aliphatic rings. The van der Waals surface area contributed by atoms with Crippen LogP contribution >= 0.6 is 15.9 Å². The van der Waals surface area contributed by atoms with E-state index in [9.17, 15) is 14.5 Å². The number of benzene rings is 2. The monoisotopic (exact) mass is 497 g/mol. The molecule has 0 atom stereocenters. The topological polar surface area (TPSA) is 85.9 Å². The van der Waals surface area contributed by atoms with Gasteiger partial charge in [0.15, 0.2) is 0 Å². The first-order chi connectivity index (χ1) is 14.9. The van der Waals surface area contributed by atoms with Crippen molar-refractivity contribution in [3.63, 3.8) is 0 Å². The van der Waals surface area contributed by atoms with Gasteiger partial charge >= 0.3 is 5.69 Å². The summed E-state index contributed by atoms with van der Waals surface area (Å²) in [7, 11) is 0. The summed E-state index contributed by atoms with van der Waals surface area (Å²) in [6, 6.07) is 8.60. The van der Waals surface area contributed by atoms with Gasteiger partial charge in [-0.3, -0.25) is 10.1 Å². The van der Waals surface area contributed by atoms with Crippen LogP contribution in [0.3, 0.4) is 0 Å². The van der Waals surface area contributed by atoms with Gasteiger partial charge in [-0.25, -0.2) is 9.97 Å². The van der Waals surface area contributed by atoms with Gasteiger partial charge in [0.25, 0.3) is 0 Å². The fourth-order valence-electron chi connectivity index (χ4n) is 4.12. The van der Waals surface area contributed by atoms with Gasteiger partial charge in [0.2, 0.25) is 11.8 Å². The van der Waals surface area contributed by atoms with Crippen LogP contribution in [0.5, 0.6) is 0 Å². The number of halogens is 2. The molecule has 0 radical (unpaired) electrons. The standard InChI is InChI=1S/C22H17BrFN5O2.CH4/c1-12-8-17(24)19(29(30)31)9-18(12)26-22-25-10-16(23)20(27-22)15-11-28-7-3-5-13-4-2-6-14(15)21(13)28;/h2,4,6,8-11H,3,5,7H2,1H3,(H,25,26,27);1H4. The molecule has 0 unspecified atom stereocenters. The number of nitrogens with one attached hydrogen (secondary N) is 1. The van der Waals surface area contributed by atoms with Crippen molar-refractivity contribution in [2.24, 2.45) is 0 Å². The number of hydrogen-bond donors (Lipinski definition) is 1. The van der Waals surface area contributed by atoms with Crippen molar-refractivity contribution in [2.45, 2.75) is 33.7 Å². The van der Waals surface area contributed by atoms with E-state index >= 15 is 0 Å². The van der Waals surface area contributed by atoms with Crippen molar-refractivity contribution in [1.82, 2.24) is 14.5 Å². The second kappa shape index (κ2) is 8.31. The number of aromatic nitrogens is 3. The minimum Gasteiger partial charge on any atom is -0.347 e. The molecule has 2 aromatic carbocycles. The molecule has 0 bridgehead atoms. The Balaban J connectivity index is 0.00000245. The molecule has 0 aliphatic carbocycles. The van der Waals surface area contributed by atoms with Crippen molar-refractivity contribution >= 4 is 44.2 Å². The summed E-state index contributed by atoms with van der Waals surface area (Å²) in [5.74, 6) is -0.603. The third kappa shape index (κ3) is 3.62. The molecule has 0 amide bonds. The van der Waals surface area contributed by atoms with E-state index in [1.807, 2.05) is 0 Å². The van der Waals surface area contributed by atoms with Crippen LogP contribution in [-0.4, -0.2) is 19.5 Å². The number of rotatable bonds is 4. The van der Waals surface area contributed by atoms with Crippen LogP contribution < -0.4 is 5.32 Å². The lowest BCUT2D eigenvalue weighted by molar-refractivity contribution is -0.387. The maximum absolute atomic E-state index is 13.9. The number of anilines is 2. The van der Waals surface area contributed by atoms with Crippen molar-refractivity contribution < 1.29 is 9.31 Å². The fourth-order valence-corrected chi connectivity index (χ4v) is 4.52. The molecule has 1 N–H and O–H groups in total. The van der Waals surface area contributed by atoms with Crippen molar-refractivity contribution in [3.8, 4) is 11.3 Å². The number of nitrogens with zero attached hydrogens (tertiary/aromatic N) is 4. The zero-order valence-electron chi connectivity index (χ0n) is 16.5. The molecule has 0 fully saturated rings.